The van der Waals surface area contributed by atoms with Gasteiger partial charge in [-0.05, 0) is 6.92 Å². The van der Waals surface area contributed by atoms with Crippen LogP contribution in [0, 0.1) is 6.92 Å². The van der Waals surface area contributed by atoms with Crippen molar-refractivity contribution in [3.05, 3.63) is 17.1 Å². The number of Topliss-reactive ketones (excluding diaryl/α,β-unsaturated/α-hetero) is 1. The average molecular weight is 266 g/mol. The van der Waals surface area contributed by atoms with Crippen molar-refractivity contribution in [2.75, 3.05) is 14.2 Å². The molecular weight excluding hydrogens is 248 g/mol. The maximum atomic E-state index is 12.0. The van der Waals surface area contributed by atoms with E-state index in [2.05, 4.69) is 14.7 Å². The van der Waals surface area contributed by atoms with Gasteiger partial charge in [0.15, 0.2) is 5.78 Å². The van der Waals surface area contributed by atoms with Gasteiger partial charge in [0.1, 0.15) is 17.8 Å². The van der Waals surface area contributed by atoms with Gasteiger partial charge in [0.05, 0.1) is 19.9 Å². The molecule has 6 nitrogen and oxygen atoms in total. The van der Waals surface area contributed by atoms with E-state index in [1.807, 2.05) is 13.8 Å². The number of hydrogen-bond acceptors (Lipinski definition) is 6. The summed E-state index contributed by atoms with van der Waals surface area (Å²) in [5.41, 5.74) is 0.738. The first-order valence-electron chi connectivity index (χ1n) is 5.93. The molecule has 0 amide bonds. The zero-order valence-electron chi connectivity index (χ0n) is 11.8. The van der Waals surface area contributed by atoms with Crippen LogP contribution in [0.4, 0.5) is 0 Å². The third kappa shape index (κ3) is 3.49. The lowest BCUT2D eigenvalue weighted by atomic mass is 10.1. The molecule has 0 saturated carbocycles. The van der Waals surface area contributed by atoms with Crippen LogP contribution >= 0.6 is 0 Å². The van der Waals surface area contributed by atoms with Crippen LogP contribution in [0.3, 0.4) is 0 Å². The molecule has 1 aromatic heterocycles. The number of nitrogens with zero attached hydrogens (tertiary/aromatic N) is 2. The number of aromatic nitrogens is 2. The molecule has 0 saturated heterocycles. The highest BCUT2D eigenvalue weighted by atomic mass is 16.5. The molecule has 0 atom stereocenters. The van der Waals surface area contributed by atoms with Gasteiger partial charge in [0.25, 0.3) is 0 Å². The van der Waals surface area contributed by atoms with E-state index in [9.17, 15) is 9.59 Å². The van der Waals surface area contributed by atoms with Crippen molar-refractivity contribution >= 4 is 11.8 Å². The normalized spacial score (nSPS) is 10.4. The van der Waals surface area contributed by atoms with E-state index in [1.54, 1.807) is 6.92 Å². The fourth-order valence-corrected chi connectivity index (χ4v) is 1.59. The molecular formula is C13H18N2O4. The quantitative estimate of drug-likeness (QED) is 0.458. The summed E-state index contributed by atoms with van der Waals surface area (Å²) >= 11 is 0. The second-order valence-corrected chi connectivity index (χ2v) is 4.38. The summed E-state index contributed by atoms with van der Waals surface area (Å²) in [5, 5.41) is 0. The molecule has 1 heterocycles. The molecule has 0 fully saturated rings. The molecule has 0 unspecified atom stereocenters. The van der Waals surface area contributed by atoms with Crippen molar-refractivity contribution < 1.29 is 19.1 Å². The van der Waals surface area contributed by atoms with Gasteiger partial charge in [0, 0.05) is 5.92 Å². The van der Waals surface area contributed by atoms with Crippen molar-refractivity contribution in [3.8, 4) is 5.88 Å². The average Bonchev–Trinajstić information content (AvgIpc) is 2.36. The fourth-order valence-electron chi connectivity index (χ4n) is 1.59. The van der Waals surface area contributed by atoms with Crippen LogP contribution in [0.15, 0.2) is 0 Å². The second kappa shape index (κ2) is 6.26. The van der Waals surface area contributed by atoms with Crippen molar-refractivity contribution in [2.45, 2.75) is 33.1 Å². The van der Waals surface area contributed by atoms with Crippen LogP contribution in [-0.2, 0) is 9.53 Å². The molecule has 0 aromatic carbocycles. The monoisotopic (exact) mass is 266 g/mol. The maximum absolute atomic E-state index is 12.0. The Morgan fingerprint density at radius 2 is 1.84 bits per heavy atom. The highest BCUT2D eigenvalue weighted by molar-refractivity contribution is 6.07. The molecule has 0 aliphatic rings. The van der Waals surface area contributed by atoms with Gasteiger partial charge in [-0.3, -0.25) is 9.59 Å². The van der Waals surface area contributed by atoms with Crippen molar-refractivity contribution in [1.82, 2.24) is 9.97 Å². The number of hydrogen-bond donors (Lipinski definition) is 0. The third-order valence-electron chi connectivity index (χ3n) is 2.60. The Kier molecular flexibility index (Phi) is 4.97. The van der Waals surface area contributed by atoms with E-state index < -0.39 is 11.8 Å². The molecule has 0 aliphatic carbocycles. The van der Waals surface area contributed by atoms with Crippen LogP contribution in [0.25, 0.3) is 0 Å². The molecule has 0 N–H and O–H groups in total. The van der Waals surface area contributed by atoms with Gasteiger partial charge in [-0.1, -0.05) is 13.8 Å². The Bertz CT molecular complexity index is 498. The zero-order chi connectivity index (χ0) is 14.6. The minimum atomic E-state index is -0.598. The number of esters is 1. The van der Waals surface area contributed by atoms with E-state index in [1.165, 1.54) is 14.2 Å². The molecule has 0 bridgehead atoms. The second-order valence-electron chi connectivity index (χ2n) is 4.38. The fraction of sp³-hybridized carbons (Fsp3) is 0.538. The molecule has 19 heavy (non-hydrogen) atoms. The summed E-state index contributed by atoms with van der Waals surface area (Å²) in [7, 11) is 2.67. The Labute approximate surface area is 112 Å². The van der Waals surface area contributed by atoms with Crippen LogP contribution in [0.5, 0.6) is 5.88 Å². The largest absolute Gasteiger partial charge is 0.480 e. The van der Waals surface area contributed by atoms with Gasteiger partial charge in [-0.2, -0.15) is 4.98 Å². The van der Waals surface area contributed by atoms with Crippen LogP contribution < -0.4 is 4.74 Å². The van der Waals surface area contributed by atoms with Gasteiger partial charge >= 0.3 is 5.97 Å². The Morgan fingerprint density at radius 1 is 1.21 bits per heavy atom. The first-order valence-corrected chi connectivity index (χ1v) is 5.93. The lowest BCUT2D eigenvalue weighted by molar-refractivity contribution is -0.139. The maximum Gasteiger partial charge on any atom is 0.313 e. The number of ketones is 1. The van der Waals surface area contributed by atoms with Gasteiger partial charge < -0.3 is 9.47 Å². The first kappa shape index (κ1) is 15.1. The number of methoxy groups -OCH3 is 2. The lowest BCUT2D eigenvalue weighted by Crippen LogP contribution is -2.15. The minimum Gasteiger partial charge on any atom is -0.480 e. The standard InChI is InChI=1S/C13H18N2O4/c1-7(2)12-14-8(3)11(13(15-12)19-5)9(16)6-10(17)18-4/h7H,6H2,1-5H3. The topological polar surface area (TPSA) is 78.4 Å². The summed E-state index contributed by atoms with van der Waals surface area (Å²) in [6.45, 7) is 5.59. The lowest BCUT2D eigenvalue weighted by Gasteiger charge is -2.12. The summed E-state index contributed by atoms with van der Waals surface area (Å²) in [5.74, 6) is -0.0812. The molecule has 0 spiro atoms. The smallest absolute Gasteiger partial charge is 0.313 e. The van der Waals surface area contributed by atoms with Gasteiger partial charge in [-0.25, -0.2) is 4.98 Å². The summed E-state index contributed by atoms with van der Waals surface area (Å²) in [6.07, 6.45) is -0.349. The number of ether oxygens (including phenoxy) is 2. The molecule has 104 valence electrons. The number of carbonyl (C=O) groups excluding carboxylic acids is 2. The summed E-state index contributed by atoms with van der Waals surface area (Å²) in [4.78, 5) is 31.7. The van der Waals surface area contributed by atoms with Crippen molar-refractivity contribution in [3.63, 3.8) is 0 Å². The molecule has 0 aliphatic heterocycles. The van der Waals surface area contributed by atoms with Crippen molar-refractivity contribution in [1.29, 1.82) is 0 Å². The Hall–Kier alpha value is -1.98. The summed E-state index contributed by atoms with van der Waals surface area (Å²) in [6, 6.07) is 0. The number of rotatable bonds is 5. The number of carbonyl (C=O) groups is 2. The molecule has 6 heteroatoms. The molecule has 1 aromatic rings. The van der Waals surface area contributed by atoms with Gasteiger partial charge in [-0.15, -0.1) is 0 Å². The van der Waals surface area contributed by atoms with Crippen LogP contribution in [0.1, 0.15) is 48.1 Å². The van der Waals surface area contributed by atoms with Gasteiger partial charge in [0.2, 0.25) is 5.88 Å². The predicted octanol–water partition coefficient (Wildman–Crippen LogP) is 1.66. The minimum absolute atomic E-state index is 0.123. The summed E-state index contributed by atoms with van der Waals surface area (Å²) < 4.78 is 9.61. The number of aryl methyl sites for hydroxylation is 1. The Balaban J connectivity index is 3.20. The predicted molar refractivity (Wildman–Crippen MR) is 68.4 cm³/mol. The van der Waals surface area contributed by atoms with Crippen LogP contribution in [0.2, 0.25) is 0 Å². The van der Waals surface area contributed by atoms with E-state index in [0.717, 1.165) is 0 Å². The first-order chi connectivity index (χ1) is 8.90. The Morgan fingerprint density at radius 3 is 2.32 bits per heavy atom. The molecule has 0 radical (unpaired) electrons. The van der Waals surface area contributed by atoms with Crippen LogP contribution in [-0.4, -0.2) is 35.9 Å². The van der Waals surface area contributed by atoms with E-state index in [-0.39, 0.29) is 23.8 Å². The zero-order valence-corrected chi connectivity index (χ0v) is 11.8. The highest BCUT2D eigenvalue weighted by Crippen LogP contribution is 2.23. The SMILES string of the molecule is COC(=O)CC(=O)c1c(C)nc(C(C)C)nc1OC. The van der Waals surface area contributed by atoms with E-state index in [4.69, 9.17) is 4.74 Å². The van der Waals surface area contributed by atoms with Crippen molar-refractivity contribution in [2.24, 2.45) is 0 Å². The highest BCUT2D eigenvalue weighted by Gasteiger charge is 2.22. The molecule has 1 rings (SSSR count). The van der Waals surface area contributed by atoms with E-state index >= 15 is 0 Å². The third-order valence-corrected chi connectivity index (χ3v) is 2.60. The van der Waals surface area contributed by atoms with E-state index in [0.29, 0.717) is 11.5 Å².